The van der Waals surface area contributed by atoms with Crippen LogP contribution in [0.15, 0.2) is 23.3 Å². The van der Waals surface area contributed by atoms with Gasteiger partial charge in [-0.2, -0.15) is 0 Å². The van der Waals surface area contributed by atoms with Gasteiger partial charge in [0.25, 0.3) is 0 Å². The number of hydrogen-bond donors (Lipinski definition) is 0. The maximum atomic E-state index is 11.5. The molecule has 8 unspecified atom stereocenters. The van der Waals surface area contributed by atoms with Crippen LogP contribution < -0.4 is 0 Å². The van der Waals surface area contributed by atoms with Crippen molar-refractivity contribution >= 4 is 5.97 Å². The SMILES string of the molecule is CC(=O)OC1CCC2(C)C(CCC3=C4CCC(C(C)C=CC(C)C(C)C)C4(C)CCC32)C1. The third kappa shape index (κ3) is 4.14. The van der Waals surface area contributed by atoms with E-state index in [4.69, 9.17) is 4.74 Å². The van der Waals surface area contributed by atoms with Crippen molar-refractivity contribution in [2.24, 2.45) is 46.3 Å². The fraction of sp³-hybridized carbons (Fsp3) is 0.833. The number of esters is 1. The summed E-state index contributed by atoms with van der Waals surface area (Å²) in [6.07, 6.45) is 16.6. The molecule has 0 radical (unpaired) electrons. The van der Waals surface area contributed by atoms with Gasteiger partial charge >= 0.3 is 5.97 Å². The van der Waals surface area contributed by atoms with Crippen LogP contribution in [0.5, 0.6) is 0 Å². The molecule has 4 aliphatic carbocycles. The molecule has 0 aliphatic heterocycles. The van der Waals surface area contributed by atoms with E-state index in [1.807, 2.05) is 11.1 Å². The number of fused-ring (bicyclic) bond motifs is 4. The van der Waals surface area contributed by atoms with Gasteiger partial charge in [-0.05, 0) is 104 Å². The molecular formula is C30H48O2. The first kappa shape index (κ1) is 24.1. The summed E-state index contributed by atoms with van der Waals surface area (Å²) in [5.74, 6) is 4.24. The Hall–Kier alpha value is -1.05. The molecular weight excluding hydrogens is 392 g/mol. The molecule has 0 aromatic heterocycles. The van der Waals surface area contributed by atoms with Crippen molar-refractivity contribution in [1.82, 2.24) is 0 Å². The van der Waals surface area contributed by atoms with E-state index >= 15 is 0 Å². The van der Waals surface area contributed by atoms with Crippen molar-refractivity contribution in [2.75, 3.05) is 0 Å². The smallest absolute Gasteiger partial charge is 0.302 e. The van der Waals surface area contributed by atoms with Crippen molar-refractivity contribution in [3.05, 3.63) is 23.3 Å². The Kier molecular flexibility index (Phi) is 6.74. The zero-order valence-electron chi connectivity index (χ0n) is 21.9. The molecule has 3 fully saturated rings. The fourth-order valence-electron chi connectivity index (χ4n) is 8.38. The van der Waals surface area contributed by atoms with Crippen LogP contribution in [0.1, 0.15) is 106 Å². The van der Waals surface area contributed by atoms with Gasteiger partial charge in [0.05, 0.1) is 0 Å². The van der Waals surface area contributed by atoms with Gasteiger partial charge in [-0.3, -0.25) is 4.79 Å². The second-order valence-corrected chi connectivity index (χ2v) is 12.8. The summed E-state index contributed by atoms with van der Waals surface area (Å²) in [6.45, 7) is 16.3. The van der Waals surface area contributed by atoms with Gasteiger partial charge in [0.2, 0.25) is 0 Å². The van der Waals surface area contributed by atoms with E-state index < -0.39 is 0 Å². The highest BCUT2D eigenvalue weighted by Gasteiger charge is 2.55. The zero-order valence-corrected chi connectivity index (χ0v) is 21.9. The van der Waals surface area contributed by atoms with Gasteiger partial charge in [-0.25, -0.2) is 0 Å². The van der Waals surface area contributed by atoms with E-state index in [0.717, 1.165) is 36.5 Å². The molecule has 2 nitrogen and oxygen atoms in total. The van der Waals surface area contributed by atoms with Crippen molar-refractivity contribution in [3.8, 4) is 0 Å². The molecule has 0 spiro atoms. The van der Waals surface area contributed by atoms with Gasteiger partial charge in [0.1, 0.15) is 6.10 Å². The van der Waals surface area contributed by atoms with Crippen molar-refractivity contribution in [1.29, 1.82) is 0 Å². The number of hydrogen-bond acceptors (Lipinski definition) is 2. The Morgan fingerprint density at radius 1 is 1.00 bits per heavy atom. The molecule has 2 heteroatoms. The molecule has 3 saturated carbocycles. The second kappa shape index (κ2) is 8.95. The Labute approximate surface area is 197 Å². The van der Waals surface area contributed by atoms with Crippen LogP contribution in [0.3, 0.4) is 0 Å². The average Bonchev–Trinajstić information content (AvgIpc) is 3.08. The molecule has 32 heavy (non-hydrogen) atoms. The zero-order chi connectivity index (χ0) is 23.3. The van der Waals surface area contributed by atoms with Crippen LogP contribution in [0, 0.1) is 46.3 Å². The third-order valence-corrected chi connectivity index (χ3v) is 10.8. The van der Waals surface area contributed by atoms with Gasteiger partial charge in [0, 0.05) is 6.92 Å². The lowest BCUT2D eigenvalue weighted by Gasteiger charge is -2.57. The molecule has 4 aliphatic rings. The molecule has 0 bridgehead atoms. The first-order chi connectivity index (χ1) is 15.1. The Morgan fingerprint density at radius 3 is 2.44 bits per heavy atom. The standard InChI is InChI=1S/C30H48O2/c1-19(2)20(3)8-9-21(4)26-12-13-27-25-11-10-23-18-24(32-22(5)31)14-16-29(23,6)28(25)15-17-30(26,27)7/h8-9,19-21,23-24,26,28H,10-18H2,1-7H3. The first-order valence-electron chi connectivity index (χ1n) is 13.6. The van der Waals surface area contributed by atoms with E-state index in [1.54, 1.807) is 6.92 Å². The van der Waals surface area contributed by atoms with Crippen LogP contribution in [-0.4, -0.2) is 12.1 Å². The summed E-state index contributed by atoms with van der Waals surface area (Å²) < 4.78 is 5.64. The topological polar surface area (TPSA) is 26.3 Å². The molecule has 0 amide bonds. The summed E-state index contributed by atoms with van der Waals surface area (Å²) in [5.41, 5.74) is 4.57. The highest BCUT2D eigenvalue weighted by Crippen LogP contribution is 2.65. The summed E-state index contributed by atoms with van der Waals surface area (Å²) in [5, 5.41) is 0. The van der Waals surface area contributed by atoms with Crippen molar-refractivity contribution in [3.63, 3.8) is 0 Å². The van der Waals surface area contributed by atoms with E-state index in [9.17, 15) is 4.79 Å². The lowest BCUT2D eigenvalue weighted by atomic mass is 9.49. The van der Waals surface area contributed by atoms with Crippen LogP contribution in [0.25, 0.3) is 0 Å². The van der Waals surface area contributed by atoms with E-state index in [0.29, 0.717) is 22.7 Å². The third-order valence-electron chi connectivity index (χ3n) is 10.8. The Bertz CT molecular complexity index is 776. The molecule has 0 aromatic carbocycles. The summed E-state index contributed by atoms with van der Waals surface area (Å²) in [6, 6.07) is 0. The normalized spacial score (nSPS) is 41.2. The summed E-state index contributed by atoms with van der Waals surface area (Å²) >= 11 is 0. The number of rotatable bonds is 5. The minimum Gasteiger partial charge on any atom is -0.463 e. The lowest BCUT2D eigenvalue weighted by Crippen LogP contribution is -2.48. The molecule has 0 heterocycles. The maximum absolute atomic E-state index is 11.5. The minimum absolute atomic E-state index is 0.103. The monoisotopic (exact) mass is 440 g/mol. The number of carbonyl (C=O) groups is 1. The summed E-state index contributed by atoms with van der Waals surface area (Å²) in [7, 11) is 0. The van der Waals surface area contributed by atoms with Crippen LogP contribution in [0.2, 0.25) is 0 Å². The number of ether oxygens (including phenoxy) is 1. The van der Waals surface area contributed by atoms with E-state index in [2.05, 4.69) is 53.7 Å². The highest BCUT2D eigenvalue weighted by atomic mass is 16.5. The van der Waals surface area contributed by atoms with E-state index in [-0.39, 0.29) is 12.1 Å². The van der Waals surface area contributed by atoms with Gasteiger partial charge in [-0.15, -0.1) is 0 Å². The fourth-order valence-corrected chi connectivity index (χ4v) is 8.38. The first-order valence-corrected chi connectivity index (χ1v) is 13.6. The molecule has 180 valence electrons. The lowest BCUT2D eigenvalue weighted by molar-refractivity contribution is -0.152. The molecule has 8 atom stereocenters. The van der Waals surface area contributed by atoms with Gasteiger partial charge in [0.15, 0.2) is 0 Å². The molecule has 0 N–H and O–H groups in total. The molecule has 0 saturated heterocycles. The molecule has 0 aromatic rings. The Balaban J connectivity index is 1.53. The van der Waals surface area contributed by atoms with Crippen molar-refractivity contribution < 1.29 is 9.53 Å². The minimum atomic E-state index is -0.103. The second-order valence-electron chi connectivity index (χ2n) is 12.8. The van der Waals surface area contributed by atoms with E-state index in [1.165, 1.54) is 44.9 Å². The number of allylic oxidation sites excluding steroid dienone is 4. The van der Waals surface area contributed by atoms with Crippen LogP contribution in [-0.2, 0) is 9.53 Å². The van der Waals surface area contributed by atoms with Gasteiger partial charge in [-0.1, -0.05) is 64.8 Å². The van der Waals surface area contributed by atoms with Crippen molar-refractivity contribution in [2.45, 2.75) is 112 Å². The quantitative estimate of drug-likeness (QED) is 0.318. The largest absolute Gasteiger partial charge is 0.463 e. The highest BCUT2D eigenvalue weighted by molar-refractivity contribution is 5.66. The summed E-state index contributed by atoms with van der Waals surface area (Å²) in [4.78, 5) is 11.5. The predicted molar refractivity (Wildman–Crippen MR) is 133 cm³/mol. The van der Waals surface area contributed by atoms with Gasteiger partial charge < -0.3 is 4.74 Å². The maximum Gasteiger partial charge on any atom is 0.302 e. The predicted octanol–water partition coefficient (Wildman–Crippen LogP) is 8.13. The Morgan fingerprint density at radius 2 is 1.75 bits per heavy atom. The van der Waals surface area contributed by atoms with Crippen LogP contribution >= 0.6 is 0 Å². The van der Waals surface area contributed by atoms with Crippen LogP contribution in [0.4, 0.5) is 0 Å². The average molecular weight is 441 g/mol. The number of carbonyl (C=O) groups excluding carboxylic acids is 1. The molecule has 4 rings (SSSR count).